The minimum atomic E-state index is -2.29. The van der Waals surface area contributed by atoms with Crippen molar-refractivity contribution in [3.63, 3.8) is 0 Å². The van der Waals surface area contributed by atoms with Crippen molar-refractivity contribution in [3.05, 3.63) is 0 Å². The maximum atomic E-state index is 8.96. The second kappa shape index (κ2) is 11.9. The first kappa shape index (κ1) is 18.8. The molecule has 0 aliphatic rings. The van der Waals surface area contributed by atoms with Crippen molar-refractivity contribution < 1.29 is 22.0 Å². The van der Waals surface area contributed by atoms with Crippen molar-refractivity contribution in [3.8, 4) is 0 Å². The van der Waals surface area contributed by atoms with Crippen molar-refractivity contribution >= 4 is 29.6 Å². The van der Waals surface area contributed by atoms with Gasteiger partial charge in [-0.1, -0.05) is 6.92 Å². The van der Waals surface area contributed by atoms with Crippen LogP contribution in [0.4, 0.5) is 0 Å². The Bertz CT molecular complexity index is 197. The Labute approximate surface area is 105 Å². The van der Waals surface area contributed by atoms with Gasteiger partial charge in [0.25, 0.3) is 0 Å². The van der Waals surface area contributed by atoms with E-state index >= 15 is 0 Å². The second-order valence-electron chi connectivity index (χ2n) is 2.57. The van der Waals surface area contributed by atoms with Crippen LogP contribution in [-0.4, -0.2) is 37.4 Å². The summed E-state index contributed by atoms with van der Waals surface area (Å²) in [5, 5.41) is 0. The minimum absolute atomic E-state index is 0.667. The highest BCUT2D eigenvalue weighted by molar-refractivity contribution is 8.18. The van der Waals surface area contributed by atoms with Crippen LogP contribution in [0.2, 0.25) is 6.04 Å². The van der Waals surface area contributed by atoms with E-state index in [1.165, 1.54) is 0 Å². The third kappa shape index (κ3) is 10.9. The maximum Gasteiger partial charge on any atom is 0.500 e. The molecule has 16 heavy (non-hydrogen) atoms. The molecule has 0 saturated carbocycles. The molecule has 0 bridgehead atoms. The smallest absolute Gasteiger partial charge is 0.374 e. The predicted molar refractivity (Wildman–Crippen MR) is 70.6 cm³/mol. The van der Waals surface area contributed by atoms with Gasteiger partial charge in [-0.05, 0) is 20.8 Å². The van der Waals surface area contributed by atoms with Crippen molar-refractivity contribution in [1.82, 2.24) is 0 Å². The van der Waals surface area contributed by atoms with E-state index in [0.717, 1.165) is 6.04 Å². The summed E-state index contributed by atoms with van der Waals surface area (Å²) < 4.78 is 33.0. The van der Waals surface area contributed by atoms with Gasteiger partial charge in [0.15, 0.2) is 0 Å². The van der Waals surface area contributed by atoms with E-state index in [0.29, 0.717) is 19.8 Å². The van der Waals surface area contributed by atoms with E-state index in [1.807, 2.05) is 27.7 Å². The van der Waals surface area contributed by atoms with Crippen molar-refractivity contribution in [1.29, 1.82) is 0 Å². The summed E-state index contributed by atoms with van der Waals surface area (Å²) in [6.07, 6.45) is 0. The molecule has 0 amide bonds. The Morgan fingerprint density at radius 1 is 1.06 bits per heavy atom. The second-order valence-corrected chi connectivity index (χ2v) is 6.93. The van der Waals surface area contributed by atoms with Gasteiger partial charge in [-0.2, -0.15) is 0 Å². The highest BCUT2D eigenvalue weighted by Gasteiger charge is 2.37. The number of hydrogen-bond acceptors (Lipinski definition) is 5. The lowest BCUT2D eigenvalue weighted by atomic mass is 10.9. The zero-order valence-electron chi connectivity index (χ0n) is 10.3. The molecule has 0 aliphatic heterocycles. The lowest BCUT2D eigenvalue weighted by molar-refractivity contribution is 0.0725. The fourth-order valence-electron chi connectivity index (χ4n) is 1.09. The van der Waals surface area contributed by atoms with Crippen LogP contribution in [0.3, 0.4) is 0 Å². The van der Waals surface area contributed by atoms with E-state index in [2.05, 4.69) is 11.2 Å². The Kier molecular flexibility index (Phi) is 14.0. The Hall–Kier alpha value is 0.427. The van der Waals surface area contributed by atoms with Crippen LogP contribution in [0, 0.1) is 0 Å². The molecule has 1 unspecified atom stereocenters. The Morgan fingerprint density at radius 2 is 1.31 bits per heavy atom. The van der Waals surface area contributed by atoms with Crippen LogP contribution in [0.25, 0.3) is 0 Å². The first-order valence-electron chi connectivity index (χ1n) is 5.23. The summed E-state index contributed by atoms with van der Waals surface area (Å²) in [6.45, 7) is 9.95. The van der Waals surface area contributed by atoms with Crippen LogP contribution in [0.5, 0.6) is 0 Å². The zero-order chi connectivity index (χ0) is 13.0. The predicted octanol–water partition coefficient (Wildman–Crippen LogP) is 1.46. The van der Waals surface area contributed by atoms with Gasteiger partial charge in [-0.3, -0.25) is 0 Å². The first-order valence-corrected chi connectivity index (χ1v) is 9.38. The van der Waals surface area contributed by atoms with E-state index in [1.54, 1.807) is 0 Å². The standard InChI is InChI=1S/C8H20O3Si.H2O2S2/c1-5-9-12(8-4,10-6-2)11-7-3;1-4(2)3/h5-8H2,1-4H3;4H,(H,1,2,3). The Morgan fingerprint density at radius 3 is 1.44 bits per heavy atom. The van der Waals surface area contributed by atoms with Gasteiger partial charge in [0.1, 0.15) is 9.64 Å². The molecule has 0 aromatic rings. The molecule has 8 heteroatoms. The molecule has 0 rings (SSSR count). The van der Waals surface area contributed by atoms with Gasteiger partial charge < -0.3 is 17.8 Å². The molecule has 0 spiro atoms. The van der Waals surface area contributed by atoms with E-state index < -0.39 is 18.4 Å². The summed E-state index contributed by atoms with van der Waals surface area (Å²) in [4.78, 5) is 0. The van der Waals surface area contributed by atoms with Gasteiger partial charge in [0.05, 0.1) is 0 Å². The normalized spacial score (nSPS) is 12.8. The summed E-state index contributed by atoms with van der Waals surface area (Å²) in [5.74, 6) is 0. The monoisotopic (exact) mass is 290 g/mol. The molecule has 0 radical (unpaired) electrons. The largest absolute Gasteiger partial charge is 0.500 e. The van der Waals surface area contributed by atoms with Crippen molar-refractivity contribution in [2.75, 3.05) is 19.8 Å². The van der Waals surface area contributed by atoms with Gasteiger partial charge in [0, 0.05) is 37.1 Å². The molecule has 1 atom stereocenters. The number of thiol groups is 1. The fraction of sp³-hybridized carbons (Fsp3) is 1.00. The SMILES string of the molecule is CCO[Si](CC)(OCC)OCC.O=[SH](O)=S. The van der Waals surface area contributed by atoms with Crippen molar-refractivity contribution in [2.45, 2.75) is 33.7 Å². The van der Waals surface area contributed by atoms with E-state index in [4.69, 9.17) is 22.0 Å². The molecule has 0 aromatic carbocycles. The first-order chi connectivity index (χ1) is 7.47. The topological polar surface area (TPSA) is 65.0 Å². The molecule has 0 aliphatic carbocycles. The van der Waals surface area contributed by atoms with Gasteiger partial charge in [-0.15, -0.1) is 0 Å². The molecule has 0 saturated heterocycles. The van der Waals surface area contributed by atoms with Crippen LogP contribution in [0.15, 0.2) is 0 Å². The summed E-state index contributed by atoms with van der Waals surface area (Å²) in [7, 11) is -4.56. The van der Waals surface area contributed by atoms with Crippen molar-refractivity contribution in [2.24, 2.45) is 0 Å². The summed E-state index contributed by atoms with van der Waals surface area (Å²) in [6, 6.07) is 0.850. The van der Waals surface area contributed by atoms with E-state index in [-0.39, 0.29) is 0 Å². The van der Waals surface area contributed by atoms with Gasteiger partial charge >= 0.3 is 8.80 Å². The number of hydrogen-bond donors (Lipinski definition) is 2. The van der Waals surface area contributed by atoms with E-state index in [9.17, 15) is 0 Å². The minimum Gasteiger partial charge on any atom is -0.374 e. The molecule has 1 N–H and O–H groups in total. The van der Waals surface area contributed by atoms with Gasteiger partial charge in [-0.25, -0.2) is 4.21 Å². The van der Waals surface area contributed by atoms with Crippen LogP contribution in [-0.2, 0) is 34.1 Å². The third-order valence-corrected chi connectivity index (χ3v) is 4.58. The molecule has 0 heterocycles. The molecule has 100 valence electrons. The average molecular weight is 290 g/mol. The molecular weight excluding hydrogens is 268 g/mol. The molecule has 0 aromatic heterocycles. The quantitative estimate of drug-likeness (QED) is 0.547. The lowest BCUT2D eigenvalue weighted by Crippen LogP contribution is -2.45. The van der Waals surface area contributed by atoms with Gasteiger partial charge in [0.2, 0.25) is 0 Å². The lowest BCUT2D eigenvalue weighted by Gasteiger charge is -2.26. The summed E-state index contributed by atoms with van der Waals surface area (Å²) >= 11 is 3.69. The average Bonchev–Trinajstić information content (AvgIpc) is 2.18. The van der Waals surface area contributed by atoms with Crippen LogP contribution >= 0.6 is 0 Å². The summed E-state index contributed by atoms with van der Waals surface area (Å²) in [5.41, 5.74) is 0. The maximum absolute atomic E-state index is 8.96. The third-order valence-electron chi connectivity index (χ3n) is 1.53. The number of rotatable bonds is 7. The highest BCUT2D eigenvalue weighted by atomic mass is 32.8. The fourth-order valence-corrected chi connectivity index (χ4v) is 3.27. The molecule has 0 fully saturated rings. The zero-order valence-corrected chi connectivity index (χ0v) is 13.0. The highest BCUT2D eigenvalue weighted by Crippen LogP contribution is 2.14. The molecular formula is C8H22O5S2Si. The Balaban J connectivity index is 0. The van der Waals surface area contributed by atoms with Crippen LogP contribution < -0.4 is 0 Å². The molecule has 5 nitrogen and oxygen atoms in total. The van der Waals surface area contributed by atoms with Crippen LogP contribution in [0.1, 0.15) is 27.7 Å².